The lowest BCUT2D eigenvalue weighted by Crippen LogP contribution is -2.45. The van der Waals surface area contributed by atoms with Crippen molar-refractivity contribution in [2.75, 3.05) is 26.9 Å². The molecule has 2 aliphatic rings. The minimum Gasteiger partial charge on any atom is -0.497 e. The van der Waals surface area contributed by atoms with E-state index in [-0.39, 0.29) is 24.2 Å². The maximum absolute atomic E-state index is 12.5. The molecule has 1 aromatic carbocycles. The number of aromatic nitrogens is 3. The molecule has 34 heavy (non-hydrogen) atoms. The summed E-state index contributed by atoms with van der Waals surface area (Å²) < 4.78 is 23.9. The first-order valence-electron chi connectivity index (χ1n) is 11.4. The highest BCUT2D eigenvalue weighted by molar-refractivity contribution is 5.76. The smallest absolute Gasteiger partial charge is 0.269 e. The van der Waals surface area contributed by atoms with Crippen LogP contribution in [0.2, 0.25) is 0 Å². The molecule has 0 aliphatic carbocycles. The normalized spacial score (nSPS) is 20.8. The number of rotatable bonds is 7. The molecular formula is C24H28N4O6. The number of fused-ring (bicyclic) bond motifs is 2. The van der Waals surface area contributed by atoms with Gasteiger partial charge in [-0.05, 0) is 25.0 Å². The van der Waals surface area contributed by atoms with Gasteiger partial charge < -0.3 is 33.9 Å². The van der Waals surface area contributed by atoms with Crippen molar-refractivity contribution >= 4 is 11.0 Å². The first-order valence-corrected chi connectivity index (χ1v) is 11.4. The zero-order valence-electron chi connectivity index (χ0n) is 19.0. The highest BCUT2D eigenvalue weighted by Gasteiger charge is 2.28. The van der Waals surface area contributed by atoms with Crippen LogP contribution >= 0.6 is 0 Å². The fraction of sp³-hybridized carbons (Fsp3) is 0.458. The monoisotopic (exact) mass is 468 g/mol. The average Bonchev–Trinajstić information content (AvgIpc) is 2.89. The standard InChI is InChI=1S/C24H28N4O6/c1-31-17-3-4-18-19(9-17)28(24(30)12-27-18)13-20(29)21-5-2-15(14-34-21)25-10-16-8-22-23(11-26-16)33-7-6-32-22/h3-4,8-9,11-12,15,20-21,25,29H,2,5-7,10,13-14H2,1H3/t15-,20+,21-/m1/s1. The van der Waals surface area contributed by atoms with Crippen LogP contribution in [0.5, 0.6) is 17.2 Å². The van der Waals surface area contributed by atoms with Gasteiger partial charge in [0.05, 0.1) is 61.6 Å². The van der Waals surface area contributed by atoms with Crippen molar-refractivity contribution in [2.45, 2.75) is 44.2 Å². The molecule has 1 saturated heterocycles. The van der Waals surface area contributed by atoms with Crippen molar-refractivity contribution < 1.29 is 24.1 Å². The second-order valence-electron chi connectivity index (χ2n) is 8.48. The molecule has 2 aromatic heterocycles. The van der Waals surface area contributed by atoms with Crippen molar-refractivity contribution in [1.82, 2.24) is 19.9 Å². The molecule has 4 heterocycles. The Morgan fingerprint density at radius 1 is 1.18 bits per heavy atom. The van der Waals surface area contributed by atoms with Crippen LogP contribution < -0.4 is 25.1 Å². The van der Waals surface area contributed by atoms with E-state index in [2.05, 4.69) is 15.3 Å². The Labute approximate surface area is 196 Å². The summed E-state index contributed by atoms with van der Waals surface area (Å²) in [7, 11) is 1.57. The Balaban J connectivity index is 1.17. The van der Waals surface area contributed by atoms with E-state index in [0.717, 1.165) is 17.9 Å². The number of hydrogen-bond donors (Lipinski definition) is 2. The van der Waals surface area contributed by atoms with Crippen LogP contribution in [0.4, 0.5) is 0 Å². The third kappa shape index (κ3) is 4.84. The first-order chi connectivity index (χ1) is 16.6. The van der Waals surface area contributed by atoms with Crippen molar-refractivity contribution in [3.05, 3.63) is 52.7 Å². The highest BCUT2D eigenvalue weighted by Crippen LogP contribution is 2.29. The summed E-state index contributed by atoms with van der Waals surface area (Å²) in [5, 5.41) is 14.3. The van der Waals surface area contributed by atoms with E-state index in [9.17, 15) is 9.90 Å². The molecule has 2 aliphatic heterocycles. The van der Waals surface area contributed by atoms with Crippen LogP contribution in [0.15, 0.2) is 41.5 Å². The quantitative estimate of drug-likeness (QED) is 0.529. The molecule has 0 bridgehead atoms. The van der Waals surface area contributed by atoms with E-state index in [0.29, 0.717) is 55.3 Å². The van der Waals surface area contributed by atoms with E-state index >= 15 is 0 Å². The molecule has 3 atom stereocenters. The molecular weight excluding hydrogens is 440 g/mol. The van der Waals surface area contributed by atoms with Crippen LogP contribution in [0.25, 0.3) is 11.0 Å². The van der Waals surface area contributed by atoms with Gasteiger partial charge in [-0.15, -0.1) is 0 Å². The average molecular weight is 469 g/mol. The molecule has 3 aromatic rings. The predicted octanol–water partition coefficient (Wildman–Crippen LogP) is 1.27. The number of aliphatic hydroxyl groups is 1. The minimum absolute atomic E-state index is 0.120. The second kappa shape index (κ2) is 9.96. The fourth-order valence-electron chi connectivity index (χ4n) is 4.33. The van der Waals surface area contributed by atoms with Crippen LogP contribution in [0.1, 0.15) is 18.5 Å². The van der Waals surface area contributed by atoms with Gasteiger partial charge in [0.2, 0.25) is 0 Å². The van der Waals surface area contributed by atoms with Crippen LogP contribution in [0, 0.1) is 0 Å². The molecule has 0 saturated carbocycles. The van der Waals surface area contributed by atoms with Crippen molar-refractivity contribution in [2.24, 2.45) is 0 Å². The zero-order valence-corrected chi connectivity index (χ0v) is 19.0. The Hall–Kier alpha value is -3.21. The molecule has 0 unspecified atom stereocenters. The van der Waals surface area contributed by atoms with Crippen LogP contribution in [0.3, 0.4) is 0 Å². The summed E-state index contributed by atoms with van der Waals surface area (Å²) in [6.07, 6.45) is 3.30. The van der Waals surface area contributed by atoms with Crippen LogP contribution in [-0.2, 0) is 17.8 Å². The molecule has 0 spiro atoms. The third-order valence-corrected chi connectivity index (χ3v) is 6.22. The second-order valence-corrected chi connectivity index (χ2v) is 8.48. The lowest BCUT2D eigenvalue weighted by atomic mass is 10.0. The maximum Gasteiger partial charge on any atom is 0.269 e. The topological polar surface area (TPSA) is 117 Å². The summed E-state index contributed by atoms with van der Waals surface area (Å²) in [5.74, 6) is 2.02. The van der Waals surface area contributed by atoms with E-state index in [1.807, 2.05) is 6.07 Å². The van der Waals surface area contributed by atoms with Gasteiger partial charge in [0, 0.05) is 24.7 Å². The van der Waals surface area contributed by atoms with Crippen molar-refractivity contribution in [3.8, 4) is 17.2 Å². The number of hydrogen-bond acceptors (Lipinski definition) is 9. The summed E-state index contributed by atoms with van der Waals surface area (Å²) >= 11 is 0. The summed E-state index contributed by atoms with van der Waals surface area (Å²) in [4.78, 5) is 21.1. The molecule has 5 rings (SSSR count). The lowest BCUT2D eigenvalue weighted by molar-refractivity contribution is -0.0771. The van der Waals surface area contributed by atoms with Gasteiger partial charge in [-0.25, -0.2) is 4.98 Å². The number of methoxy groups -OCH3 is 1. The molecule has 180 valence electrons. The number of nitrogens with zero attached hydrogens (tertiary/aromatic N) is 3. The van der Waals surface area contributed by atoms with E-state index < -0.39 is 6.10 Å². The van der Waals surface area contributed by atoms with E-state index in [1.54, 1.807) is 31.5 Å². The lowest BCUT2D eigenvalue weighted by Gasteiger charge is -2.32. The molecule has 0 amide bonds. The van der Waals surface area contributed by atoms with Gasteiger partial charge in [0.1, 0.15) is 19.0 Å². The van der Waals surface area contributed by atoms with Crippen LogP contribution in [-0.4, -0.2) is 64.8 Å². The first kappa shape index (κ1) is 22.6. The largest absolute Gasteiger partial charge is 0.497 e. The van der Waals surface area contributed by atoms with Gasteiger partial charge in [-0.1, -0.05) is 0 Å². The Kier molecular flexibility index (Phi) is 6.61. The molecule has 10 nitrogen and oxygen atoms in total. The van der Waals surface area contributed by atoms with Gasteiger partial charge in [-0.3, -0.25) is 9.78 Å². The SMILES string of the molecule is COc1ccc2ncc(=O)n(C[C@H](O)[C@H]3CC[C@@H](NCc4cc5c(cn4)OCCO5)CO3)c2c1. The van der Waals surface area contributed by atoms with Gasteiger partial charge in [0.25, 0.3) is 5.56 Å². The summed E-state index contributed by atoms with van der Waals surface area (Å²) in [5.41, 5.74) is 1.87. The summed E-state index contributed by atoms with van der Waals surface area (Å²) in [6, 6.07) is 7.37. The number of nitrogens with one attached hydrogen (secondary N) is 1. The van der Waals surface area contributed by atoms with Crippen molar-refractivity contribution in [3.63, 3.8) is 0 Å². The molecule has 1 fully saturated rings. The van der Waals surface area contributed by atoms with E-state index in [4.69, 9.17) is 18.9 Å². The fourth-order valence-corrected chi connectivity index (χ4v) is 4.33. The number of benzene rings is 1. The predicted molar refractivity (Wildman–Crippen MR) is 123 cm³/mol. The van der Waals surface area contributed by atoms with Gasteiger partial charge in [0.15, 0.2) is 11.5 Å². The minimum atomic E-state index is -0.824. The van der Waals surface area contributed by atoms with E-state index in [1.165, 1.54) is 10.8 Å². The molecule has 10 heteroatoms. The third-order valence-electron chi connectivity index (χ3n) is 6.22. The Bertz CT molecular complexity index is 1210. The number of ether oxygens (including phenoxy) is 4. The maximum atomic E-state index is 12.5. The number of pyridine rings is 1. The zero-order chi connectivity index (χ0) is 23.5. The molecule has 2 N–H and O–H groups in total. The van der Waals surface area contributed by atoms with Crippen molar-refractivity contribution in [1.29, 1.82) is 0 Å². The van der Waals surface area contributed by atoms with Gasteiger partial charge in [-0.2, -0.15) is 0 Å². The Morgan fingerprint density at radius 2 is 2.03 bits per heavy atom. The number of aliphatic hydroxyl groups excluding tert-OH is 1. The van der Waals surface area contributed by atoms with Gasteiger partial charge >= 0.3 is 0 Å². The highest BCUT2D eigenvalue weighted by atomic mass is 16.6. The Morgan fingerprint density at radius 3 is 2.82 bits per heavy atom. The summed E-state index contributed by atoms with van der Waals surface area (Å²) in [6.45, 7) is 2.25. The molecule has 0 radical (unpaired) electrons.